The second-order valence-electron chi connectivity index (χ2n) is 2.86. The summed E-state index contributed by atoms with van der Waals surface area (Å²) in [6.45, 7) is 8.05. The van der Waals surface area contributed by atoms with Crippen LogP contribution >= 0.6 is 0 Å². The Morgan fingerprint density at radius 3 is 1.62 bits per heavy atom. The Balaban J connectivity index is 3.27. The van der Waals surface area contributed by atoms with Gasteiger partial charge >= 0.3 is 0 Å². The van der Waals surface area contributed by atoms with E-state index in [0.29, 0.717) is 0 Å². The van der Waals surface area contributed by atoms with E-state index >= 15 is 0 Å². The second kappa shape index (κ2) is 8.39. The zero-order valence-electron chi connectivity index (χ0n) is 8.79. The van der Waals surface area contributed by atoms with Crippen molar-refractivity contribution < 1.29 is 14.2 Å². The summed E-state index contributed by atoms with van der Waals surface area (Å²) < 4.78 is 9.87. The van der Waals surface area contributed by atoms with Crippen molar-refractivity contribution in [3.63, 3.8) is 0 Å². The van der Waals surface area contributed by atoms with Crippen LogP contribution in [0.4, 0.5) is 0 Å². The third kappa shape index (κ3) is 8.13. The molecule has 0 spiro atoms. The van der Waals surface area contributed by atoms with Crippen molar-refractivity contribution >= 4 is 19.5 Å². The van der Waals surface area contributed by atoms with E-state index < -0.39 is 19.5 Å². The van der Waals surface area contributed by atoms with Gasteiger partial charge in [0.15, 0.2) is 0 Å². The largest absolute Gasteiger partial charge is 0.261 e. The Kier molecular flexibility index (Phi) is 8.26. The van der Waals surface area contributed by atoms with Crippen molar-refractivity contribution in [2.75, 3.05) is 0 Å². The van der Waals surface area contributed by atoms with E-state index in [4.69, 9.17) is 9.15 Å². The van der Waals surface area contributed by atoms with Gasteiger partial charge in [0.05, 0.1) is 0 Å². The molecule has 5 heteroatoms. The molecule has 0 rings (SSSR count). The average molecular weight is 218 g/mol. The van der Waals surface area contributed by atoms with Crippen LogP contribution in [0.3, 0.4) is 0 Å². The third-order valence-corrected chi connectivity index (χ3v) is 3.81. The van der Waals surface area contributed by atoms with E-state index in [1.165, 1.54) is 10.4 Å². The lowest BCUT2D eigenvalue weighted by molar-refractivity contribution is -0.416. The zero-order valence-corrected chi connectivity index (χ0v) is 11.6. The molecule has 0 fully saturated rings. The van der Waals surface area contributed by atoms with Gasteiger partial charge in [-0.25, -0.2) is 0 Å². The van der Waals surface area contributed by atoms with E-state index in [1.54, 1.807) is 0 Å². The molecule has 0 amide bonds. The van der Waals surface area contributed by atoms with Gasteiger partial charge in [-0.05, 0) is 27.7 Å². The molecule has 0 aromatic heterocycles. The van der Waals surface area contributed by atoms with Gasteiger partial charge < -0.3 is 0 Å². The Hall–Kier alpha value is -0.206. The van der Waals surface area contributed by atoms with Gasteiger partial charge in [0.25, 0.3) is 0 Å². The average Bonchev–Trinajstić information content (AvgIpc) is 2.16. The van der Waals surface area contributed by atoms with Crippen molar-refractivity contribution in [1.82, 2.24) is 0 Å². The SMILES string of the molecule is CC=C(C)[SiH2]OOO[SiH2]C(C)=CC. The molecular formula is C8H18O3Si2. The molecule has 0 atom stereocenters. The second-order valence-corrected chi connectivity index (χ2v) is 6.14. The van der Waals surface area contributed by atoms with Crippen LogP contribution in [0.25, 0.3) is 0 Å². The van der Waals surface area contributed by atoms with Crippen LogP contribution in [0.5, 0.6) is 0 Å². The summed E-state index contributed by atoms with van der Waals surface area (Å²) in [7, 11) is -1.40. The lowest BCUT2D eigenvalue weighted by atomic mass is 10.6. The van der Waals surface area contributed by atoms with Gasteiger partial charge in [0.2, 0.25) is 19.5 Å². The lowest BCUT2D eigenvalue weighted by Gasteiger charge is -2.03. The van der Waals surface area contributed by atoms with E-state index in [0.717, 1.165) is 0 Å². The summed E-state index contributed by atoms with van der Waals surface area (Å²) in [5.41, 5.74) is 0. The Morgan fingerprint density at radius 1 is 0.923 bits per heavy atom. The van der Waals surface area contributed by atoms with E-state index in [1.807, 2.05) is 39.8 Å². The molecule has 0 aliphatic heterocycles. The van der Waals surface area contributed by atoms with Gasteiger partial charge in [-0.3, -0.25) is 9.15 Å². The maximum Gasteiger partial charge on any atom is 0.239 e. The quantitative estimate of drug-likeness (QED) is 0.287. The first kappa shape index (κ1) is 12.8. The fourth-order valence-electron chi connectivity index (χ4n) is 0.435. The topological polar surface area (TPSA) is 27.7 Å². The fourth-order valence-corrected chi connectivity index (χ4v) is 1.51. The first-order valence-corrected chi connectivity index (χ1v) is 6.92. The summed E-state index contributed by atoms with van der Waals surface area (Å²) in [5, 5.41) is 7.14. The zero-order chi connectivity index (χ0) is 10.1. The molecule has 0 heterocycles. The Labute approximate surface area is 84.5 Å². The first-order chi connectivity index (χ1) is 6.20. The van der Waals surface area contributed by atoms with Gasteiger partial charge in [0.1, 0.15) is 0 Å². The molecule has 13 heavy (non-hydrogen) atoms. The number of allylic oxidation sites excluding steroid dienone is 4. The van der Waals surface area contributed by atoms with Crippen LogP contribution in [0.1, 0.15) is 27.7 Å². The smallest absolute Gasteiger partial charge is 0.239 e. The van der Waals surface area contributed by atoms with Crippen molar-refractivity contribution in [1.29, 1.82) is 0 Å². The van der Waals surface area contributed by atoms with Crippen molar-refractivity contribution in [3.8, 4) is 0 Å². The molecule has 0 saturated carbocycles. The molecule has 0 aliphatic carbocycles. The van der Waals surface area contributed by atoms with Gasteiger partial charge in [0, 0.05) is 0 Å². The van der Waals surface area contributed by atoms with Crippen molar-refractivity contribution in [2.24, 2.45) is 0 Å². The summed E-state index contributed by atoms with van der Waals surface area (Å²) in [6, 6.07) is 0. The standard InChI is InChI=1S/C8H18O3Si2/c1-5-7(3)12-10-9-11-13-8(4)6-2/h5-6H,12-13H2,1-4H3. The highest BCUT2D eigenvalue weighted by molar-refractivity contribution is 6.38. The van der Waals surface area contributed by atoms with Gasteiger partial charge in [-0.2, -0.15) is 0 Å². The van der Waals surface area contributed by atoms with E-state index in [-0.39, 0.29) is 0 Å². The molecular weight excluding hydrogens is 200 g/mol. The normalized spacial score (nSPS) is 15.4. The molecule has 0 aromatic carbocycles. The molecule has 0 radical (unpaired) electrons. The molecule has 0 N–H and O–H groups in total. The van der Waals surface area contributed by atoms with Crippen LogP contribution in [0, 0.1) is 0 Å². The predicted octanol–water partition coefficient (Wildman–Crippen LogP) is 0.881. The van der Waals surface area contributed by atoms with Crippen LogP contribution in [0.15, 0.2) is 22.5 Å². The molecule has 0 unspecified atom stereocenters. The maximum atomic E-state index is 4.94. The number of rotatable bonds is 6. The molecule has 3 nitrogen and oxygen atoms in total. The Morgan fingerprint density at radius 2 is 1.31 bits per heavy atom. The molecule has 0 bridgehead atoms. The highest BCUT2D eigenvalue weighted by Crippen LogP contribution is 1.93. The van der Waals surface area contributed by atoms with Crippen molar-refractivity contribution in [3.05, 3.63) is 22.5 Å². The highest BCUT2D eigenvalue weighted by atomic mass is 28.2. The third-order valence-electron chi connectivity index (χ3n) is 1.66. The minimum atomic E-state index is -0.699. The van der Waals surface area contributed by atoms with Gasteiger partial charge in [-0.1, -0.05) is 27.6 Å². The molecule has 0 saturated heterocycles. The summed E-state index contributed by atoms with van der Waals surface area (Å²) in [5.74, 6) is 0. The molecule has 76 valence electrons. The summed E-state index contributed by atoms with van der Waals surface area (Å²) in [6.07, 6.45) is 4.06. The van der Waals surface area contributed by atoms with E-state index in [9.17, 15) is 0 Å². The van der Waals surface area contributed by atoms with Crippen LogP contribution in [0.2, 0.25) is 0 Å². The Bertz CT molecular complexity index is 170. The maximum absolute atomic E-state index is 4.94. The van der Waals surface area contributed by atoms with Crippen molar-refractivity contribution in [2.45, 2.75) is 27.7 Å². The van der Waals surface area contributed by atoms with Crippen LogP contribution in [-0.2, 0) is 14.2 Å². The fraction of sp³-hybridized carbons (Fsp3) is 0.500. The number of hydrogen-bond donors (Lipinski definition) is 0. The lowest BCUT2D eigenvalue weighted by Crippen LogP contribution is -2.06. The van der Waals surface area contributed by atoms with Crippen LogP contribution in [-0.4, -0.2) is 19.5 Å². The minimum Gasteiger partial charge on any atom is -0.261 e. The highest BCUT2D eigenvalue weighted by Gasteiger charge is 1.94. The molecule has 0 aliphatic rings. The monoisotopic (exact) mass is 218 g/mol. The van der Waals surface area contributed by atoms with E-state index in [2.05, 4.69) is 5.04 Å². The predicted molar refractivity (Wildman–Crippen MR) is 59.2 cm³/mol. The first-order valence-electron chi connectivity index (χ1n) is 4.35. The number of hydrogen-bond acceptors (Lipinski definition) is 3. The van der Waals surface area contributed by atoms with Gasteiger partial charge in [-0.15, -0.1) is 0 Å². The van der Waals surface area contributed by atoms with Crippen LogP contribution < -0.4 is 0 Å². The summed E-state index contributed by atoms with van der Waals surface area (Å²) >= 11 is 0. The molecule has 0 aromatic rings. The summed E-state index contributed by atoms with van der Waals surface area (Å²) in [4.78, 5) is 0. The minimum absolute atomic E-state index is 0.699.